The third-order valence-electron chi connectivity index (χ3n) is 3.79. The molecular weight excluding hydrogens is 334 g/mol. The molecule has 1 aromatic heterocycles. The summed E-state index contributed by atoms with van der Waals surface area (Å²) in [6.07, 6.45) is 2.88. The second-order valence-corrected chi connectivity index (χ2v) is 5.49. The Morgan fingerprint density at radius 1 is 0.962 bits per heavy atom. The summed E-state index contributed by atoms with van der Waals surface area (Å²) in [4.78, 5) is 36.8. The Hall–Kier alpha value is -3.61. The smallest absolute Gasteiger partial charge is 0.320 e. The van der Waals surface area contributed by atoms with Crippen molar-refractivity contribution in [3.05, 3.63) is 87.7 Å². The molecule has 0 unspecified atom stereocenters. The van der Waals surface area contributed by atoms with Crippen molar-refractivity contribution >= 4 is 11.6 Å². The molecule has 1 amide bonds. The van der Waals surface area contributed by atoms with E-state index >= 15 is 0 Å². The highest BCUT2D eigenvalue weighted by molar-refractivity contribution is 5.92. The van der Waals surface area contributed by atoms with E-state index in [0.29, 0.717) is 17.1 Å². The zero-order valence-corrected chi connectivity index (χ0v) is 14.1. The summed E-state index contributed by atoms with van der Waals surface area (Å²) in [5.41, 5.74) is -0.416. The molecule has 0 saturated heterocycles. The maximum Gasteiger partial charge on any atom is 0.320 e. The number of ether oxygens (including phenoxy) is 1. The summed E-state index contributed by atoms with van der Waals surface area (Å²) in [5, 5.41) is 2.67. The number of nitrogens with one attached hydrogen (secondary N) is 1. The molecule has 0 aliphatic rings. The van der Waals surface area contributed by atoms with Crippen LogP contribution in [0.5, 0.6) is 5.75 Å². The van der Waals surface area contributed by atoms with Gasteiger partial charge in [0.15, 0.2) is 0 Å². The van der Waals surface area contributed by atoms with E-state index < -0.39 is 17.0 Å². The molecule has 1 N–H and O–H groups in total. The molecule has 0 bridgehead atoms. The summed E-state index contributed by atoms with van der Waals surface area (Å²) in [7, 11) is 1.50. The third kappa shape index (κ3) is 3.56. The first kappa shape index (κ1) is 17.2. The highest BCUT2D eigenvalue weighted by atomic mass is 16.5. The van der Waals surface area contributed by atoms with E-state index in [9.17, 15) is 14.4 Å². The molecule has 0 aliphatic carbocycles. The number of nitrogens with zero attached hydrogens (tertiary/aromatic N) is 2. The second-order valence-electron chi connectivity index (χ2n) is 5.49. The Labute approximate surface area is 149 Å². The number of anilines is 1. The lowest BCUT2D eigenvalue weighted by Crippen LogP contribution is -2.41. The van der Waals surface area contributed by atoms with Crippen molar-refractivity contribution in [1.82, 2.24) is 9.13 Å². The quantitative estimate of drug-likeness (QED) is 0.709. The molecular formula is C19H17N3O4. The van der Waals surface area contributed by atoms with Crippen molar-refractivity contribution in [2.24, 2.45) is 0 Å². The van der Waals surface area contributed by atoms with Gasteiger partial charge in [-0.3, -0.25) is 23.5 Å². The summed E-state index contributed by atoms with van der Waals surface area (Å²) < 4.78 is 7.49. The third-order valence-corrected chi connectivity index (χ3v) is 3.79. The molecule has 0 saturated carbocycles. The molecule has 0 aliphatic heterocycles. The summed E-state index contributed by atoms with van der Waals surface area (Å²) in [5.74, 6) is 0.0705. The fourth-order valence-electron chi connectivity index (χ4n) is 2.52. The van der Waals surface area contributed by atoms with Crippen LogP contribution in [0.4, 0.5) is 5.69 Å². The lowest BCUT2D eigenvalue weighted by molar-refractivity contribution is -0.116. The van der Waals surface area contributed by atoms with Crippen LogP contribution in [0.25, 0.3) is 5.69 Å². The fourth-order valence-corrected chi connectivity index (χ4v) is 2.52. The van der Waals surface area contributed by atoms with Crippen LogP contribution < -0.4 is 21.2 Å². The molecule has 132 valence electrons. The van der Waals surface area contributed by atoms with Gasteiger partial charge in [-0.15, -0.1) is 0 Å². The Morgan fingerprint density at radius 3 is 2.38 bits per heavy atom. The predicted molar refractivity (Wildman–Crippen MR) is 97.9 cm³/mol. The first-order valence-electron chi connectivity index (χ1n) is 7.90. The van der Waals surface area contributed by atoms with Crippen LogP contribution in [0.3, 0.4) is 0 Å². The normalized spacial score (nSPS) is 10.3. The van der Waals surface area contributed by atoms with Gasteiger partial charge in [-0.2, -0.15) is 0 Å². The van der Waals surface area contributed by atoms with E-state index in [0.717, 1.165) is 4.57 Å². The minimum absolute atomic E-state index is 0.276. The molecule has 3 rings (SSSR count). The summed E-state index contributed by atoms with van der Waals surface area (Å²) in [6.45, 7) is -0.276. The van der Waals surface area contributed by atoms with Gasteiger partial charge in [0.05, 0.1) is 12.8 Å². The highest BCUT2D eigenvalue weighted by Gasteiger charge is 2.11. The number of hydrogen-bond acceptors (Lipinski definition) is 4. The van der Waals surface area contributed by atoms with Crippen molar-refractivity contribution in [1.29, 1.82) is 0 Å². The topological polar surface area (TPSA) is 82.3 Å². The number of amides is 1. The van der Waals surface area contributed by atoms with E-state index in [2.05, 4.69) is 5.32 Å². The number of aromatic nitrogens is 2. The molecule has 2 aromatic carbocycles. The Kier molecular flexibility index (Phi) is 4.98. The number of methoxy groups -OCH3 is 1. The van der Waals surface area contributed by atoms with Gasteiger partial charge in [0.25, 0.3) is 0 Å². The van der Waals surface area contributed by atoms with E-state index in [1.165, 1.54) is 24.1 Å². The Bertz CT molecular complexity index is 1040. The van der Waals surface area contributed by atoms with Crippen LogP contribution >= 0.6 is 0 Å². The van der Waals surface area contributed by atoms with Gasteiger partial charge >= 0.3 is 11.1 Å². The minimum atomic E-state index is -0.772. The van der Waals surface area contributed by atoms with Crippen molar-refractivity contribution in [2.75, 3.05) is 12.4 Å². The van der Waals surface area contributed by atoms with Gasteiger partial charge < -0.3 is 10.1 Å². The van der Waals surface area contributed by atoms with E-state index in [1.54, 1.807) is 48.5 Å². The SMILES string of the molecule is COc1ccccc1NC(=O)Cn1ccn(-c2ccccc2)c(=O)c1=O. The van der Waals surface area contributed by atoms with Crippen LogP contribution in [0, 0.1) is 0 Å². The van der Waals surface area contributed by atoms with Gasteiger partial charge in [0, 0.05) is 18.1 Å². The fraction of sp³-hybridized carbons (Fsp3) is 0.105. The molecule has 1 heterocycles. The van der Waals surface area contributed by atoms with Crippen LogP contribution in [0.2, 0.25) is 0 Å². The van der Waals surface area contributed by atoms with Crippen LogP contribution in [-0.4, -0.2) is 22.2 Å². The van der Waals surface area contributed by atoms with Gasteiger partial charge in [0.2, 0.25) is 5.91 Å². The van der Waals surface area contributed by atoms with Crippen molar-refractivity contribution in [3.8, 4) is 11.4 Å². The number of carbonyl (C=O) groups excluding carboxylic acids is 1. The molecule has 26 heavy (non-hydrogen) atoms. The molecule has 0 radical (unpaired) electrons. The van der Waals surface area contributed by atoms with Crippen LogP contribution in [0.15, 0.2) is 76.6 Å². The summed E-state index contributed by atoms with van der Waals surface area (Å²) in [6, 6.07) is 15.7. The highest BCUT2D eigenvalue weighted by Crippen LogP contribution is 2.22. The monoisotopic (exact) mass is 351 g/mol. The van der Waals surface area contributed by atoms with Gasteiger partial charge in [-0.05, 0) is 24.3 Å². The second kappa shape index (κ2) is 7.52. The largest absolute Gasteiger partial charge is 0.495 e. The first-order chi connectivity index (χ1) is 12.6. The molecule has 0 spiro atoms. The minimum Gasteiger partial charge on any atom is -0.495 e. The van der Waals surface area contributed by atoms with E-state index in [-0.39, 0.29) is 6.54 Å². The first-order valence-corrected chi connectivity index (χ1v) is 7.90. The number of para-hydroxylation sites is 3. The molecule has 0 atom stereocenters. The van der Waals surface area contributed by atoms with Crippen molar-refractivity contribution in [2.45, 2.75) is 6.54 Å². The van der Waals surface area contributed by atoms with Gasteiger partial charge in [0.1, 0.15) is 12.3 Å². The average Bonchev–Trinajstić information content (AvgIpc) is 2.67. The molecule has 3 aromatic rings. The van der Waals surface area contributed by atoms with Gasteiger partial charge in [-0.25, -0.2) is 0 Å². The number of carbonyl (C=O) groups is 1. The standard InChI is InChI=1S/C19H17N3O4/c1-26-16-10-6-5-9-15(16)20-17(23)13-21-11-12-22(19(25)18(21)24)14-7-3-2-4-8-14/h2-12H,13H2,1H3,(H,20,23). The van der Waals surface area contributed by atoms with Crippen molar-refractivity contribution in [3.63, 3.8) is 0 Å². The lowest BCUT2D eigenvalue weighted by atomic mass is 10.3. The summed E-state index contributed by atoms with van der Waals surface area (Å²) >= 11 is 0. The molecule has 7 heteroatoms. The Balaban J connectivity index is 1.82. The van der Waals surface area contributed by atoms with Crippen LogP contribution in [-0.2, 0) is 11.3 Å². The number of benzene rings is 2. The van der Waals surface area contributed by atoms with Crippen LogP contribution in [0.1, 0.15) is 0 Å². The molecule has 7 nitrogen and oxygen atoms in total. The maximum absolute atomic E-state index is 12.3. The zero-order valence-electron chi connectivity index (χ0n) is 14.1. The lowest BCUT2D eigenvalue weighted by Gasteiger charge is -2.11. The molecule has 0 fully saturated rings. The Morgan fingerprint density at radius 2 is 1.65 bits per heavy atom. The van der Waals surface area contributed by atoms with E-state index in [1.807, 2.05) is 6.07 Å². The predicted octanol–water partition coefficient (Wildman–Crippen LogP) is 1.65. The zero-order chi connectivity index (χ0) is 18.5. The van der Waals surface area contributed by atoms with Gasteiger partial charge in [-0.1, -0.05) is 30.3 Å². The maximum atomic E-state index is 12.3. The van der Waals surface area contributed by atoms with E-state index in [4.69, 9.17) is 4.74 Å². The number of rotatable bonds is 5. The van der Waals surface area contributed by atoms with Crippen molar-refractivity contribution < 1.29 is 9.53 Å². The number of hydrogen-bond donors (Lipinski definition) is 1. The average molecular weight is 351 g/mol.